The molecule has 1 fully saturated rings. The molecule has 4 heterocycles. The van der Waals surface area contributed by atoms with Crippen molar-refractivity contribution in [1.29, 1.82) is 0 Å². The van der Waals surface area contributed by atoms with Crippen LogP contribution in [0.2, 0.25) is 5.02 Å². The first kappa shape index (κ1) is 15.8. The molecule has 1 aliphatic heterocycles. The van der Waals surface area contributed by atoms with Crippen LogP contribution in [0.25, 0.3) is 5.82 Å². The van der Waals surface area contributed by atoms with Crippen LogP contribution in [-0.2, 0) is 0 Å². The zero-order chi connectivity index (χ0) is 17.2. The summed E-state index contributed by atoms with van der Waals surface area (Å²) in [5, 5.41) is 0.554. The van der Waals surface area contributed by atoms with Gasteiger partial charge in [0.2, 0.25) is 5.95 Å². The maximum Gasteiger partial charge on any atom is 0.225 e. The molecule has 8 heteroatoms. The van der Waals surface area contributed by atoms with Gasteiger partial charge in [-0.05, 0) is 19.1 Å². The fraction of sp³-hybridized carbons (Fsp3) is 0.294. The van der Waals surface area contributed by atoms with E-state index in [1.54, 1.807) is 18.6 Å². The predicted molar refractivity (Wildman–Crippen MR) is 97.6 cm³/mol. The van der Waals surface area contributed by atoms with Crippen LogP contribution >= 0.6 is 11.6 Å². The van der Waals surface area contributed by atoms with Gasteiger partial charge in [-0.3, -0.25) is 4.57 Å². The van der Waals surface area contributed by atoms with Gasteiger partial charge in [-0.25, -0.2) is 19.9 Å². The maximum atomic E-state index is 5.86. The van der Waals surface area contributed by atoms with Crippen LogP contribution in [0, 0.1) is 6.92 Å². The fourth-order valence-electron chi connectivity index (χ4n) is 2.95. The second kappa shape index (κ2) is 6.68. The third-order valence-electron chi connectivity index (χ3n) is 4.29. The van der Waals surface area contributed by atoms with Gasteiger partial charge in [-0.2, -0.15) is 0 Å². The number of halogens is 1. The van der Waals surface area contributed by atoms with Gasteiger partial charge in [0.1, 0.15) is 17.5 Å². The van der Waals surface area contributed by atoms with E-state index >= 15 is 0 Å². The average molecular weight is 356 g/mol. The third-order valence-corrected chi connectivity index (χ3v) is 4.48. The smallest absolute Gasteiger partial charge is 0.225 e. The van der Waals surface area contributed by atoms with Gasteiger partial charge in [0, 0.05) is 38.6 Å². The van der Waals surface area contributed by atoms with Crippen molar-refractivity contribution in [2.24, 2.45) is 0 Å². The first-order valence-electron chi connectivity index (χ1n) is 8.15. The summed E-state index contributed by atoms with van der Waals surface area (Å²) >= 11 is 5.86. The molecule has 0 aromatic carbocycles. The summed E-state index contributed by atoms with van der Waals surface area (Å²) in [7, 11) is 0. The Kier molecular flexibility index (Phi) is 4.23. The fourth-order valence-corrected chi connectivity index (χ4v) is 3.04. The summed E-state index contributed by atoms with van der Waals surface area (Å²) in [5.41, 5.74) is 0. The van der Waals surface area contributed by atoms with E-state index in [1.165, 1.54) is 0 Å². The second-order valence-corrected chi connectivity index (χ2v) is 6.31. The van der Waals surface area contributed by atoms with Crippen LogP contribution in [0.3, 0.4) is 0 Å². The molecule has 4 rings (SSSR count). The minimum atomic E-state index is 0.554. The van der Waals surface area contributed by atoms with Crippen molar-refractivity contribution in [2.75, 3.05) is 36.0 Å². The third kappa shape index (κ3) is 3.28. The molecule has 7 nitrogen and oxygen atoms in total. The number of hydrogen-bond acceptors (Lipinski definition) is 6. The minimum absolute atomic E-state index is 0.554. The summed E-state index contributed by atoms with van der Waals surface area (Å²) in [6.45, 7) is 5.39. The highest BCUT2D eigenvalue weighted by molar-refractivity contribution is 6.30. The quantitative estimate of drug-likeness (QED) is 0.718. The molecule has 3 aromatic heterocycles. The van der Waals surface area contributed by atoms with Crippen molar-refractivity contribution in [3.8, 4) is 5.82 Å². The Morgan fingerprint density at radius 3 is 2.28 bits per heavy atom. The zero-order valence-corrected chi connectivity index (χ0v) is 14.6. The zero-order valence-electron chi connectivity index (χ0n) is 13.9. The Morgan fingerprint density at radius 1 is 0.920 bits per heavy atom. The van der Waals surface area contributed by atoms with E-state index < -0.39 is 0 Å². The van der Waals surface area contributed by atoms with Gasteiger partial charge in [0.15, 0.2) is 0 Å². The molecule has 3 aromatic rings. The summed E-state index contributed by atoms with van der Waals surface area (Å²) in [4.78, 5) is 22.1. The standard InChI is InChI=1S/C17H18ClN7/c1-13-19-5-6-25(13)16-4-2-3-15(22-16)23-7-9-24(10-8-23)17-20-11-14(18)12-21-17/h2-6,11-12H,7-10H2,1H3. The molecule has 0 spiro atoms. The number of hydrogen-bond donors (Lipinski definition) is 0. The number of aromatic nitrogens is 5. The molecule has 0 bridgehead atoms. The molecule has 0 amide bonds. The van der Waals surface area contributed by atoms with Crippen molar-refractivity contribution in [3.05, 3.63) is 53.8 Å². The summed E-state index contributed by atoms with van der Waals surface area (Å²) in [6.07, 6.45) is 6.98. The van der Waals surface area contributed by atoms with Crippen molar-refractivity contribution in [1.82, 2.24) is 24.5 Å². The Morgan fingerprint density at radius 2 is 1.60 bits per heavy atom. The molecule has 0 atom stereocenters. The predicted octanol–water partition coefficient (Wildman–Crippen LogP) is 2.35. The lowest BCUT2D eigenvalue weighted by atomic mass is 10.3. The van der Waals surface area contributed by atoms with Gasteiger partial charge < -0.3 is 9.80 Å². The number of piperazine rings is 1. The molecule has 1 aliphatic rings. The van der Waals surface area contributed by atoms with E-state index in [2.05, 4.69) is 24.8 Å². The van der Waals surface area contributed by atoms with Crippen LogP contribution in [0.4, 0.5) is 11.8 Å². The number of nitrogens with zero attached hydrogens (tertiary/aromatic N) is 7. The molecule has 0 radical (unpaired) electrons. The van der Waals surface area contributed by atoms with Crippen molar-refractivity contribution < 1.29 is 0 Å². The number of rotatable bonds is 3. The average Bonchev–Trinajstić information content (AvgIpc) is 3.09. The molecule has 0 aliphatic carbocycles. The van der Waals surface area contributed by atoms with Crippen LogP contribution in [0.1, 0.15) is 5.82 Å². The number of imidazole rings is 1. The number of anilines is 2. The molecular formula is C17H18ClN7. The molecule has 25 heavy (non-hydrogen) atoms. The van der Waals surface area contributed by atoms with E-state index in [1.807, 2.05) is 35.9 Å². The van der Waals surface area contributed by atoms with E-state index in [-0.39, 0.29) is 0 Å². The van der Waals surface area contributed by atoms with Crippen LogP contribution in [0.5, 0.6) is 0 Å². The summed E-state index contributed by atoms with van der Waals surface area (Å²) in [6, 6.07) is 6.08. The van der Waals surface area contributed by atoms with Crippen LogP contribution in [0.15, 0.2) is 43.0 Å². The van der Waals surface area contributed by atoms with Gasteiger partial charge in [-0.15, -0.1) is 0 Å². The summed E-state index contributed by atoms with van der Waals surface area (Å²) < 4.78 is 1.99. The van der Waals surface area contributed by atoms with Gasteiger partial charge in [0.05, 0.1) is 17.4 Å². The molecule has 0 N–H and O–H groups in total. The molecule has 128 valence electrons. The lowest BCUT2D eigenvalue weighted by Crippen LogP contribution is -2.47. The molecular weight excluding hydrogens is 338 g/mol. The second-order valence-electron chi connectivity index (χ2n) is 5.87. The summed E-state index contributed by atoms with van der Waals surface area (Å²) in [5.74, 6) is 3.51. The van der Waals surface area contributed by atoms with Crippen LogP contribution < -0.4 is 9.80 Å². The Labute approximate surface area is 150 Å². The molecule has 0 saturated carbocycles. The molecule has 1 saturated heterocycles. The van der Waals surface area contributed by atoms with E-state index in [4.69, 9.17) is 16.6 Å². The lowest BCUT2D eigenvalue weighted by molar-refractivity contribution is 0.634. The first-order chi connectivity index (χ1) is 12.2. The maximum absolute atomic E-state index is 5.86. The van der Waals surface area contributed by atoms with Crippen LogP contribution in [-0.4, -0.2) is 50.7 Å². The number of pyridine rings is 1. The normalized spacial score (nSPS) is 14.8. The number of aryl methyl sites for hydroxylation is 1. The monoisotopic (exact) mass is 355 g/mol. The van der Waals surface area contributed by atoms with Crippen molar-refractivity contribution in [3.63, 3.8) is 0 Å². The Hall–Kier alpha value is -2.67. The molecule has 0 unspecified atom stereocenters. The Bertz CT molecular complexity index is 853. The van der Waals surface area contributed by atoms with E-state index in [0.29, 0.717) is 5.02 Å². The topological polar surface area (TPSA) is 63.0 Å². The van der Waals surface area contributed by atoms with Crippen molar-refractivity contribution >= 4 is 23.4 Å². The highest BCUT2D eigenvalue weighted by atomic mass is 35.5. The lowest BCUT2D eigenvalue weighted by Gasteiger charge is -2.35. The highest BCUT2D eigenvalue weighted by Gasteiger charge is 2.20. The van der Waals surface area contributed by atoms with E-state index in [9.17, 15) is 0 Å². The first-order valence-corrected chi connectivity index (χ1v) is 8.53. The minimum Gasteiger partial charge on any atom is -0.353 e. The van der Waals surface area contributed by atoms with Gasteiger partial charge in [-0.1, -0.05) is 17.7 Å². The largest absolute Gasteiger partial charge is 0.353 e. The highest BCUT2D eigenvalue weighted by Crippen LogP contribution is 2.19. The van der Waals surface area contributed by atoms with Gasteiger partial charge in [0.25, 0.3) is 0 Å². The van der Waals surface area contributed by atoms with E-state index in [0.717, 1.165) is 49.6 Å². The van der Waals surface area contributed by atoms with Crippen molar-refractivity contribution in [2.45, 2.75) is 6.92 Å². The van der Waals surface area contributed by atoms with Gasteiger partial charge >= 0.3 is 0 Å². The Balaban J connectivity index is 1.47. The SMILES string of the molecule is Cc1nccn1-c1cccc(N2CCN(c3ncc(Cl)cn3)CC2)n1.